The van der Waals surface area contributed by atoms with E-state index >= 15 is 0 Å². The maximum Gasteiger partial charge on any atom is 0.259 e. The zero-order chi connectivity index (χ0) is 31.8. The fourth-order valence-electron chi connectivity index (χ4n) is 6.76. The van der Waals surface area contributed by atoms with Gasteiger partial charge < -0.3 is 18.9 Å². The first-order chi connectivity index (χ1) is 21.7. The number of benzene rings is 2. The number of aryl methyl sites for hydroxylation is 1. The van der Waals surface area contributed by atoms with Crippen LogP contribution in [0.3, 0.4) is 0 Å². The van der Waals surface area contributed by atoms with Crippen molar-refractivity contribution in [3.05, 3.63) is 80.9 Å². The second-order valence-corrected chi connectivity index (χ2v) is 12.2. The molecule has 0 atom stereocenters. The maximum absolute atomic E-state index is 13.0. The Morgan fingerprint density at radius 2 is 1.51 bits per heavy atom. The lowest BCUT2D eigenvalue weighted by Gasteiger charge is -2.37. The second-order valence-electron chi connectivity index (χ2n) is 12.2. The summed E-state index contributed by atoms with van der Waals surface area (Å²) in [6.07, 6.45) is 7.08. The standard InChI is InChI=1S/C35H39N5O5/c1-37(2)34-14-28-29(15-36-34)35(43)38(3)18-30(28)22-12-32(44-4)31(33(13-22)45-5)19-39-8-6-27(7-9-39)40-16-23-10-25(20-41)26(21-42)11-24(23)17-40/h10-15,18,20-21,27H,6-9,16-17,19H2,1-5H3. The van der Waals surface area contributed by atoms with E-state index < -0.39 is 0 Å². The fraction of sp³-hybridized carbons (Fsp3) is 0.371. The highest BCUT2D eigenvalue weighted by atomic mass is 16.5. The molecule has 2 aromatic heterocycles. The Hall–Kier alpha value is -4.54. The summed E-state index contributed by atoms with van der Waals surface area (Å²) in [7, 11) is 8.97. The molecule has 2 aromatic carbocycles. The summed E-state index contributed by atoms with van der Waals surface area (Å²) in [6, 6.07) is 10.2. The summed E-state index contributed by atoms with van der Waals surface area (Å²) in [5.74, 6) is 2.25. The molecule has 234 valence electrons. The topological polar surface area (TPSA) is 97.2 Å². The Kier molecular flexibility index (Phi) is 8.44. The fourth-order valence-corrected chi connectivity index (χ4v) is 6.76. The van der Waals surface area contributed by atoms with E-state index in [4.69, 9.17) is 9.47 Å². The molecule has 4 heterocycles. The van der Waals surface area contributed by atoms with E-state index in [-0.39, 0.29) is 5.56 Å². The van der Waals surface area contributed by atoms with Crippen molar-refractivity contribution in [2.24, 2.45) is 7.05 Å². The summed E-state index contributed by atoms with van der Waals surface area (Å²) in [6.45, 7) is 4.14. The average molecular weight is 610 g/mol. The number of likely N-dealkylation sites (tertiary alicyclic amines) is 1. The molecule has 10 nitrogen and oxygen atoms in total. The largest absolute Gasteiger partial charge is 0.496 e. The Balaban J connectivity index is 1.22. The molecule has 0 bridgehead atoms. The summed E-state index contributed by atoms with van der Waals surface area (Å²) in [4.78, 5) is 47.1. The SMILES string of the molecule is COc1cc(-c2cn(C)c(=O)c3cnc(N(C)C)cc23)cc(OC)c1CN1CCC(N2Cc3cc(C=O)c(C=O)cc3C2)CC1. The van der Waals surface area contributed by atoms with Crippen molar-refractivity contribution in [3.8, 4) is 22.6 Å². The number of rotatable bonds is 9. The van der Waals surface area contributed by atoms with Crippen molar-refractivity contribution in [2.45, 2.75) is 38.5 Å². The number of piperidine rings is 1. The molecule has 0 amide bonds. The van der Waals surface area contributed by atoms with E-state index in [9.17, 15) is 14.4 Å². The number of hydrogen-bond donors (Lipinski definition) is 0. The van der Waals surface area contributed by atoms with Crippen LogP contribution in [0, 0.1) is 0 Å². The molecule has 1 saturated heterocycles. The molecule has 10 heteroatoms. The third-order valence-corrected chi connectivity index (χ3v) is 9.29. The number of hydrogen-bond acceptors (Lipinski definition) is 9. The first-order valence-electron chi connectivity index (χ1n) is 15.2. The third kappa shape index (κ3) is 5.71. The Morgan fingerprint density at radius 1 is 0.911 bits per heavy atom. The lowest BCUT2D eigenvalue weighted by molar-refractivity contribution is 0.102. The van der Waals surface area contributed by atoms with E-state index in [1.165, 1.54) is 0 Å². The number of pyridine rings is 2. The minimum absolute atomic E-state index is 0.0975. The minimum atomic E-state index is -0.0975. The molecule has 4 aromatic rings. The van der Waals surface area contributed by atoms with Crippen LogP contribution in [0.5, 0.6) is 11.5 Å². The van der Waals surface area contributed by atoms with Gasteiger partial charge in [0.15, 0.2) is 12.6 Å². The van der Waals surface area contributed by atoms with Crippen LogP contribution >= 0.6 is 0 Å². The summed E-state index contributed by atoms with van der Waals surface area (Å²) in [5, 5.41) is 1.38. The molecule has 0 unspecified atom stereocenters. The number of carbonyl (C=O) groups excluding carboxylic acids is 2. The van der Waals surface area contributed by atoms with E-state index in [2.05, 4.69) is 14.8 Å². The van der Waals surface area contributed by atoms with Gasteiger partial charge in [0.05, 0.1) is 25.2 Å². The van der Waals surface area contributed by atoms with Crippen molar-refractivity contribution < 1.29 is 19.1 Å². The lowest BCUT2D eigenvalue weighted by Crippen LogP contribution is -2.42. The number of ether oxygens (including phenoxy) is 2. The second kappa shape index (κ2) is 12.5. The maximum atomic E-state index is 13.0. The van der Waals surface area contributed by atoms with E-state index in [0.29, 0.717) is 29.1 Å². The van der Waals surface area contributed by atoms with Gasteiger partial charge in [-0.15, -0.1) is 0 Å². The number of aromatic nitrogens is 2. The van der Waals surface area contributed by atoms with Gasteiger partial charge in [0.25, 0.3) is 5.56 Å². The summed E-state index contributed by atoms with van der Waals surface area (Å²) < 4.78 is 13.5. The molecular weight excluding hydrogens is 570 g/mol. The van der Waals surface area contributed by atoms with Gasteiger partial charge in [0.2, 0.25) is 0 Å². The zero-order valence-electron chi connectivity index (χ0n) is 26.5. The van der Waals surface area contributed by atoms with Crippen LogP contribution < -0.4 is 19.9 Å². The molecule has 1 fully saturated rings. The summed E-state index contributed by atoms with van der Waals surface area (Å²) in [5.41, 5.74) is 5.90. The number of carbonyl (C=O) groups is 2. The number of nitrogens with zero attached hydrogens (tertiary/aromatic N) is 5. The van der Waals surface area contributed by atoms with Crippen molar-refractivity contribution in [1.29, 1.82) is 0 Å². The number of methoxy groups -OCH3 is 2. The smallest absolute Gasteiger partial charge is 0.259 e. The highest BCUT2D eigenvalue weighted by Gasteiger charge is 2.30. The predicted molar refractivity (Wildman–Crippen MR) is 175 cm³/mol. The highest BCUT2D eigenvalue weighted by molar-refractivity contribution is 5.97. The first kappa shape index (κ1) is 30.5. The number of fused-ring (bicyclic) bond motifs is 2. The van der Waals surface area contributed by atoms with Crippen molar-refractivity contribution in [1.82, 2.24) is 19.4 Å². The Morgan fingerprint density at radius 3 is 2.04 bits per heavy atom. The van der Waals surface area contributed by atoms with Gasteiger partial charge in [-0.25, -0.2) is 4.98 Å². The molecule has 6 rings (SSSR count). The molecule has 2 aliphatic heterocycles. The predicted octanol–water partition coefficient (Wildman–Crippen LogP) is 4.29. The number of anilines is 1. The van der Waals surface area contributed by atoms with Gasteiger partial charge in [-0.1, -0.05) is 0 Å². The molecular formula is C35H39N5O5. The minimum Gasteiger partial charge on any atom is -0.496 e. The third-order valence-electron chi connectivity index (χ3n) is 9.29. The number of aldehydes is 2. The van der Waals surface area contributed by atoms with Crippen LogP contribution in [-0.2, 0) is 26.7 Å². The van der Waals surface area contributed by atoms with Crippen molar-refractivity contribution in [2.75, 3.05) is 46.3 Å². The van der Waals surface area contributed by atoms with Gasteiger partial charge in [-0.2, -0.15) is 0 Å². The molecule has 0 saturated carbocycles. The summed E-state index contributed by atoms with van der Waals surface area (Å²) >= 11 is 0. The Labute approximate surface area is 262 Å². The van der Waals surface area contributed by atoms with Crippen molar-refractivity contribution >= 4 is 29.2 Å². The Bertz CT molecular complexity index is 1780. The monoisotopic (exact) mass is 609 g/mol. The van der Waals surface area contributed by atoms with Gasteiger partial charge in [-0.3, -0.25) is 24.2 Å². The van der Waals surface area contributed by atoms with Crippen LogP contribution in [0.15, 0.2) is 47.5 Å². The van der Waals surface area contributed by atoms with Gasteiger partial charge >= 0.3 is 0 Å². The van der Waals surface area contributed by atoms with E-state index in [1.807, 2.05) is 55.5 Å². The highest BCUT2D eigenvalue weighted by Crippen LogP contribution is 2.39. The van der Waals surface area contributed by atoms with E-state index in [1.54, 1.807) is 32.0 Å². The van der Waals surface area contributed by atoms with Crippen molar-refractivity contribution in [3.63, 3.8) is 0 Å². The van der Waals surface area contributed by atoms with Crippen LogP contribution in [0.4, 0.5) is 5.82 Å². The first-order valence-corrected chi connectivity index (χ1v) is 15.2. The van der Waals surface area contributed by atoms with Gasteiger partial charge in [0, 0.05) is 81.3 Å². The zero-order valence-corrected chi connectivity index (χ0v) is 26.5. The quantitative estimate of drug-likeness (QED) is 0.258. The average Bonchev–Trinajstić information content (AvgIpc) is 3.48. The molecule has 45 heavy (non-hydrogen) atoms. The van der Waals surface area contributed by atoms with Crippen LogP contribution in [-0.4, -0.2) is 79.4 Å². The molecule has 0 aliphatic carbocycles. The van der Waals surface area contributed by atoms with Gasteiger partial charge in [0.1, 0.15) is 17.3 Å². The molecule has 0 spiro atoms. The van der Waals surface area contributed by atoms with E-state index in [0.717, 1.165) is 102 Å². The van der Waals surface area contributed by atoms with Crippen LogP contribution in [0.25, 0.3) is 21.9 Å². The lowest BCUT2D eigenvalue weighted by atomic mass is 9.98. The van der Waals surface area contributed by atoms with Gasteiger partial charge in [-0.05, 0) is 73.0 Å². The van der Waals surface area contributed by atoms with Crippen LogP contribution in [0.2, 0.25) is 0 Å². The molecule has 0 N–H and O–H groups in total. The van der Waals surface area contributed by atoms with Crippen LogP contribution in [0.1, 0.15) is 50.2 Å². The molecule has 2 aliphatic rings. The normalized spacial score (nSPS) is 15.7. The molecule has 0 radical (unpaired) electrons.